The Morgan fingerprint density at radius 1 is 1.07 bits per heavy atom. The van der Waals surface area contributed by atoms with Gasteiger partial charge in [0, 0.05) is 12.0 Å². The first kappa shape index (κ1) is 17.2. The molecule has 0 saturated carbocycles. The summed E-state index contributed by atoms with van der Waals surface area (Å²) in [4.78, 5) is 24.9. The fourth-order valence-electron chi connectivity index (χ4n) is 3.68. The quantitative estimate of drug-likeness (QED) is 0.701. The van der Waals surface area contributed by atoms with E-state index in [4.69, 9.17) is 5.73 Å². The maximum absolute atomic E-state index is 13.9. The van der Waals surface area contributed by atoms with E-state index in [2.05, 4.69) is 15.0 Å². The van der Waals surface area contributed by atoms with Gasteiger partial charge in [-0.05, 0) is 49.1 Å². The summed E-state index contributed by atoms with van der Waals surface area (Å²) < 4.78 is 27.5. The molecule has 136 valence electrons. The Bertz CT molecular complexity index is 1070. The number of pyridine rings is 1. The predicted molar refractivity (Wildman–Crippen MR) is 96.2 cm³/mol. The average Bonchev–Trinajstić information content (AvgIpc) is 2.60. The van der Waals surface area contributed by atoms with Gasteiger partial charge in [0.1, 0.15) is 5.82 Å². The van der Waals surface area contributed by atoms with Gasteiger partial charge in [-0.2, -0.15) is 4.39 Å². The summed E-state index contributed by atoms with van der Waals surface area (Å²) in [5.74, 6) is -1.31. The van der Waals surface area contributed by atoms with Crippen molar-refractivity contribution in [2.24, 2.45) is 0 Å². The molecular weight excluding hydrogens is 350 g/mol. The molecule has 0 saturated heterocycles. The minimum atomic E-state index is -0.649. The summed E-state index contributed by atoms with van der Waals surface area (Å²) in [7, 11) is 0. The Hall–Kier alpha value is -3.22. The van der Waals surface area contributed by atoms with Gasteiger partial charge in [-0.25, -0.2) is 19.3 Å². The van der Waals surface area contributed by atoms with Gasteiger partial charge in [0.05, 0.1) is 22.6 Å². The normalized spacial score (nSPS) is 16.3. The molecule has 5 nitrogen and oxygen atoms in total. The Morgan fingerprint density at radius 3 is 2.67 bits per heavy atom. The van der Waals surface area contributed by atoms with Crippen molar-refractivity contribution in [1.82, 2.24) is 15.0 Å². The number of nitrogens with zero attached hydrogens (tertiary/aromatic N) is 3. The highest BCUT2D eigenvalue weighted by atomic mass is 19.1. The molecule has 27 heavy (non-hydrogen) atoms. The molecule has 7 heteroatoms. The van der Waals surface area contributed by atoms with Crippen LogP contribution in [0.2, 0.25) is 0 Å². The van der Waals surface area contributed by atoms with Gasteiger partial charge in [-0.15, -0.1) is 0 Å². The van der Waals surface area contributed by atoms with Crippen LogP contribution in [0.1, 0.15) is 39.6 Å². The molecule has 1 aromatic carbocycles. The first-order valence-corrected chi connectivity index (χ1v) is 8.51. The van der Waals surface area contributed by atoms with Crippen molar-refractivity contribution < 1.29 is 13.6 Å². The number of ketones is 1. The predicted octanol–water partition coefficient (Wildman–Crippen LogP) is 3.62. The maximum Gasteiger partial charge on any atom is 0.220 e. The number of halogens is 2. The van der Waals surface area contributed by atoms with E-state index in [1.165, 1.54) is 24.3 Å². The number of carbonyl (C=O) groups is 1. The molecule has 0 aliphatic heterocycles. The number of hydrogen-bond donors (Lipinski definition) is 1. The summed E-state index contributed by atoms with van der Waals surface area (Å²) in [5, 5.41) is 0. The van der Waals surface area contributed by atoms with Crippen LogP contribution in [-0.2, 0) is 6.42 Å². The van der Waals surface area contributed by atoms with Gasteiger partial charge in [0.2, 0.25) is 11.9 Å². The minimum Gasteiger partial charge on any atom is -0.368 e. The van der Waals surface area contributed by atoms with E-state index < -0.39 is 11.8 Å². The fourth-order valence-corrected chi connectivity index (χ4v) is 3.68. The van der Waals surface area contributed by atoms with Gasteiger partial charge in [0.15, 0.2) is 5.78 Å². The number of Topliss-reactive ketones (excluding diaryl/α,β-unsaturated/α-hetero) is 1. The largest absolute Gasteiger partial charge is 0.368 e. The van der Waals surface area contributed by atoms with Gasteiger partial charge in [0.25, 0.3) is 0 Å². The lowest BCUT2D eigenvalue weighted by atomic mass is 9.79. The topological polar surface area (TPSA) is 81.8 Å². The van der Waals surface area contributed by atoms with Crippen molar-refractivity contribution in [3.05, 3.63) is 70.7 Å². The highest BCUT2D eigenvalue weighted by molar-refractivity contribution is 6.00. The van der Waals surface area contributed by atoms with Gasteiger partial charge >= 0.3 is 0 Å². The van der Waals surface area contributed by atoms with Gasteiger partial charge in [-0.3, -0.25) is 4.79 Å². The maximum atomic E-state index is 13.9. The van der Waals surface area contributed by atoms with Crippen LogP contribution in [0.15, 0.2) is 36.4 Å². The Kier molecular flexibility index (Phi) is 4.14. The van der Waals surface area contributed by atoms with E-state index in [1.54, 1.807) is 19.1 Å². The third-order valence-corrected chi connectivity index (χ3v) is 4.78. The number of carbonyl (C=O) groups excluding carboxylic acids is 1. The van der Waals surface area contributed by atoms with E-state index >= 15 is 0 Å². The SMILES string of the molecule is Cc1nc(N)nc2c1C(=O)C[C@@H](c1ccc(F)cc1-c1cccc(F)n1)C2. The highest BCUT2D eigenvalue weighted by Crippen LogP contribution is 2.37. The number of benzene rings is 1. The molecular formula is C20H16F2N4O. The van der Waals surface area contributed by atoms with Crippen LogP contribution in [0.5, 0.6) is 0 Å². The monoisotopic (exact) mass is 366 g/mol. The smallest absolute Gasteiger partial charge is 0.220 e. The lowest BCUT2D eigenvalue weighted by molar-refractivity contribution is 0.0962. The van der Waals surface area contributed by atoms with Gasteiger partial charge < -0.3 is 5.73 Å². The molecule has 0 amide bonds. The third kappa shape index (κ3) is 3.16. The number of nitrogen functional groups attached to an aromatic ring is 1. The number of rotatable bonds is 2. The zero-order valence-electron chi connectivity index (χ0n) is 14.5. The van der Waals surface area contributed by atoms with Crippen LogP contribution < -0.4 is 5.73 Å². The molecule has 1 aliphatic rings. The average molecular weight is 366 g/mol. The number of aryl methyl sites for hydroxylation is 1. The molecule has 3 aromatic rings. The molecule has 0 unspecified atom stereocenters. The second kappa shape index (κ2) is 6.50. The molecule has 0 spiro atoms. The lowest BCUT2D eigenvalue weighted by Gasteiger charge is -2.26. The first-order valence-electron chi connectivity index (χ1n) is 8.51. The molecule has 0 bridgehead atoms. The summed E-state index contributed by atoms with van der Waals surface area (Å²) in [6, 6.07) is 8.63. The Labute approximate surface area is 154 Å². The minimum absolute atomic E-state index is 0.0822. The van der Waals surface area contributed by atoms with Crippen LogP contribution >= 0.6 is 0 Å². The molecule has 1 aliphatic carbocycles. The van der Waals surface area contributed by atoms with Crippen LogP contribution in [0.3, 0.4) is 0 Å². The number of hydrogen-bond acceptors (Lipinski definition) is 5. The molecule has 4 rings (SSSR count). The zero-order valence-corrected chi connectivity index (χ0v) is 14.5. The molecule has 0 radical (unpaired) electrons. The van der Waals surface area contributed by atoms with Crippen molar-refractivity contribution in [1.29, 1.82) is 0 Å². The molecule has 1 atom stereocenters. The first-order chi connectivity index (χ1) is 12.9. The van der Waals surface area contributed by atoms with E-state index in [9.17, 15) is 13.6 Å². The van der Waals surface area contributed by atoms with Crippen molar-refractivity contribution >= 4 is 11.7 Å². The molecule has 2 N–H and O–H groups in total. The molecule has 2 aromatic heterocycles. The van der Waals surface area contributed by atoms with Crippen molar-refractivity contribution in [2.75, 3.05) is 5.73 Å². The van der Waals surface area contributed by atoms with Crippen LogP contribution in [0.25, 0.3) is 11.3 Å². The third-order valence-electron chi connectivity index (χ3n) is 4.78. The van der Waals surface area contributed by atoms with Crippen LogP contribution in [0, 0.1) is 18.7 Å². The summed E-state index contributed by atoms with van der Waals surface area (Å²) >= 11 is 0. The summed E-state index contributed by atoms with van der Waals surface area (Å²) in [6.07, 6.45) is 0.692. The van der Waals surface area contributed by atoms with E-state index in [0.29, 0.717) is 34.6 Å². The standard InChI is InChI=1S/C20H16F2N4O/c1-10-19-16(26-20(23)24-10)7-11(8-17(19)27)13-6-5-12(21)9-14(13)15-3-2-4-18(22)25-15/h2-6,9,11H,7-8H2,1H3,(H2,23,24,26)/t11-/m0/s1. The number of nitrogens with two attached hydrogens (primary N) is 1. The Morgan fingerprint density at radius 2 is 1.89 bits per heavy atom. The van der Waals surface area contributed by atoms with Crippen LogP contribution in [-0.4, -0.2) is 20.7 Å². The Balaban J connectivity index is 1.82. The zero-order chi connectivity index (χ0) is 19.1. The van der Waals surface area contributed by atoms with Gasteiger partial charge in [-0.1, -0.05) is 12.1 Å². The molecule has 2 heterocycles. The molecule has 0 fully saturated rings. The number of anilines is 1. The summed E-state index contributed by atoms with van der Waals surface area (Å²) in [6.45, 7) is 1.73. The lowest BCUT2D eigenvalue weighted by Crippen LogP contribution is -2.23. The van der Waals surface area contributed by atoms with E-state index in [1.807, 2.05) is 0 Å². The van der Waals surface area contributed by atoms with E-state index in [0.717, 1.165) is 5.56 Å². The van der Waals surface area contributed by atoms with Crippen LogP contribution in [0.4, 0.5) is 14.7 Å². The number of fused-ring (bicyclic) bond motifs is 1. The van der Waals surface area contributed by atoms with Crippen molar-refractivity contribution in [3.63, 3.8) is 0 Å². The summed E-state index contributed by atoms with van der Waals surface area (Å²) in [5.41, 5.74) is 8.90. The number of aromatic nitrogens is 3. The highest BCUT2D eigenvalue weighted by Gasteiger charge is 2.31. The second-order valence-corrected chi connectivity index (χ2v) is 6.59. The van der Waals surface area contributed by atoms with Crippen molar-refractivity contribution in [2.45, 2.75) is 25.7 Å². The second-order valence-electron chi connectivity index (χ2n) is 6.59. The van der Waals surface area contributed by atoms with Crippen molar-refractivity contribution in [3.8, 4) is 11.3 Å². The van der Waals surface area contributed by atoms with E-state index in [-0.39, 0.29) is 24.1 Å². The fraction of sp³-hybridized carbons (Fsp3) is 0.200.